The molecular formula is C16H13BrClN3O2. The second-order valence-corrected chi connectivity index (χ2v) is 6.48. The first-order valence-corrected chi connectivity index (χ1v) is 7.97. The van der Waals surface area contributed by atoms with Gasteiger partial charge in [0.15, 0.2) is 0 Å². The zero-order valence-electron chi connectivity index (χ0n) is 12.4. The lowest BCUT2D eigenvalue weighted by atomic mass is 10.2. The molecule has 7 heteroatoms. The molecule has 23 heavy (non-hydrogen) atoms. The number of halogens is 2. The van der Waals surface area contributed by atoms with E-state index in [-0.39, 0.29) is 11.6 Å². The van der Waals surface area contributed by atoms with Crippen LogP contribution in [0.4, 0.5) is 5.69 Å². The summed E-state index contributed by atoms with van der Waals surface area (Å²) in [5.74, 6) is -0.270. The van der Waals surface area contributed by atoms with Crippen LogP contribution in [0, 0.1) is 0 Å². The zero-order valence-corrected chi connectivity index (χ0v) is 14.8. The highest BCUT2D eigenvalue weighted by Gasteiger charge is 2.14. The monoisotopic (exact) mass is 393 g/mol. The summed E-state index contributed by atoms with van der Waals surface area (Å²) in [4.78, 5) is 24.3. The Hall–Kier alpha value is -2.05. The lowest BCUT2D eigenvalue weighted by molar-refractivity contribution is 0.102. The molecule has 0 saturated carbocycles. The van der Waals surface area contributed by atoms with Gasteiger partial charge in [0.05, 0.1) is 16.7 Å². The summed E-state index contributed by atoms with van der Waals surface area (Å²) in [6, 6.07) is 10.3. The van der Waals surface area contributed by atoms with E-state index in [4.69, 9.17) is 11.6 Å². The first kappa shape index (κ1) is 15.8. The number of hydrogen-bond donors (Lipinski definition) is 1. The fraction of sp³-hybridized carbons (Fsp3) is 0.125. The van der Waals surface area contributed by atoms with Crippen molar-refractivity contribution in [2.24, 2.45) is 14.1 Å². The first-order chi connectivity index (χ1) is 10.9. The summed E-state index contributed by atoms with van der Waals surface area (Å²) >= 11 is 9.35. The third-order valence-corrected chi connectivity index (χ3v) is 4.59. The van der Waals surface area contributed by atoms with E-state index in [1.807, 2.05) is 6.07 Å². The molecule has 0 saturated heterocycles. The quantitative estimate of drug-likeness (QED) is 0.723. The maximum atomic E-state index is 12.3. The maximum Gasteiger partial charge on any atom is 0.328 e. The molecule has 5 nitrogen and oxygen atoms in total. The van der Waals surface area contributed by atoms with Gasteiger partial charge in [0.25, 0.3) is 5.91 Å². The molecule has 0 aliphatic heterocycles. The Morgan fingerprint density at radius 2 is 1.78 bits per heavy atom. The van der Waals surface area contributed by atoms with Crippen LogP contribution < -0.4 is 11.0 Å². The number of hydrogen-bond acceptors (Lipinski definition) is 2. The molecule has 0 unspecified atom stereocenters. The molecule has 1 aromatic heterocycles. The van der Waals surface area contributed by atoms with Crippen molar-refractivity contribution in [2.45, 2.75) is 0 Å². The lowest BCUT2D eigenvalue weighted by Gasteiger charge is -2.09. The number of benzene rings is 2. The number of anilines is 1. The van der Waals surface area contributed by atoms with Gasteiger partial charge in [0.2, 0.25) is 0 Å². The second-order valence-electron chi connectivity index (χ2n) is 5.19. The van der Waals surface area contributed by atoms with Gasteiger partial charge in [-0.1, -0.05) is 17.7 Å². The minimum atomic E-state index is -0.270. The number of amides is 1. The number of aryl methyl sites for hydroxylation is 2. The van der Waals surface area contributed by atoms with E-state index >= 15 is 0 Å². The minimum absolute atomic E-state index is 0.120. The van der Waals surface area contributed by atoms with Gasteiger partial charge >= 0.3 is 5.69 Å². The van der Waals surface area contributed by atoms with Crippen molar-refractivity contribution in [2.75, 3.05) is 5.32 Å². The van der Waals surface area contributed by atoms with E-state index in [9.17, 15) is 9.59 Å². The summed E-state index contributed by atoms with van der Waals surface area (Å²) in [5, 5.41) is 3.33. The average molecular weight is 395 g/mol. The predicted molar refractivity (Wildman–Crippen MR) is 95.3 cm³/mol. The van der Waals surface area contributed by atoms with Crippen LogP contribution in [0.1, 0.15) is 10.4 Å². The van der Waals surface area contributed by atoms with Crippen LogP contribution in [0.25, 0.3) is 11.0 Å². The predicted octanol–water partition coefficient (Wildman–Crippen LogP) is 3.55. The third-order valence-electron chi connectivity index (χ3n) is 3.70. The fourth-order valence-electron chi connectivity index (χ4n) is 2.44. The number of aromatic nitrogens is 2. The van der Waals surface area contributed by atoms with Gasteiger partial charge in [-0.3, -0.25) is 13.9 Å². The van der Waals surface area contributed by atoms with Crippen LogP contribution in [0.3, 0.4) is 0 Å². The molecule has 0 radical (unpaired) electrons. The van der Waals surface area contributed by atoms with Crippen molar-refractivity contribution < 1.29 is 4.79 Å². The highest BCUT2D eigenvalue weighted by Crippen LogP contribution is 2.28. The number of nitrogens with zero attached hydrogens (tertiary/aromatic N) is 2. The summed E-state index contributed by atoms with van der Waals surface area (Å²) in [5.41, 5.74) is 2.45. The first-order valence-electron chi connectivity index (χ1n) is 6.80. The van der Waals surface area contributed by atoms with Crippen molar-refractivity contribution in [3.8, 4) is 0 Å². The van der Waals surface area contributed by atoms with Crippen molar-refractivity contribution >= 4 is 50.2 Å². The molecule has 2 aromatic carbocycles. The summed E-state index contributed by atoms with van der Waals surface area (Å²) in [7, 11) is 3.41. The van der Waals surface area contributed by atoms with Gasteiger partial charge < -0.3 is 5.32 Å². The van der Waals surface area contributed by atoms with E-state index in [0.29, 0.717) is 20.7 Å². The normalized spacial score (nSPS) is 11.0. The lowest BCUT2D eigenvalue weighted by Crippen LogP contribution is -2.19. The number of carbonyl (C=O) groups excluding carboxylic acids is 1. The second kappa shape index (κ2) is 5.86. The van der Waals surface area contributed by atoms with Crippen LogP contribution in [-0.2, 0) is 14.1 Å². The van der Waals surface area contributed by atoms with Gasteiger partial charge in [-0.15, -0.1) is 0 Å². The van der Waals surface area contributed by atoms with E-state index in [1.54, 1.807) is 49.0 Å². The van der Waals surface area contributed by atoms with Crippen LogP contribution in [0.2, 0.25) is 5.02 Å². The Labute approximate surface area is 145 Å². The molecular weight excluding hydrogens is 382 g/mol. The van der Waals surface area contributed by atoms with Crippen molar-refractivity contribution in [3.05, 3.63) is 61.9 Å². The topological polar surface area (TPSA) is 56.0 Å². The largest absolute Gasteiger partial charge is 0.328 e. The standard InChI is InChI=1S/C16H13BrClN3O2/c1-20-13-7-11(17)12(8-14(13)21(2)16(20)23)19-15(22)9-4-3-5-10(18)6-9/h3-8H,1-2H3,(H,19,22). The molecule has 1 amide bonds. The van der Waals surface area contributed by atoms with Crippen molar-refractivity contribution in [3.63, 3.8) is 0 Å². The molecule has 0 spiro atoms. The highest BCUT2D eigenvalue weighted by atomic mass is 79.9. The Morgan fingerprint density at radius 3 is 2.43 bits per heavy atom. The average Bonchev–Trinajstić information content (AvgIpc) is 2.72. The third kappa shape index (κ3) is 2.80. The molecule has 1 heterocycles. The van der Waals surface area contributed by atoms with Crippen LogP contribution in [0.5, 0.6) is 0 Å². The molecule has 3 aromatic rings. The number of rotatable bonds is 2. The fourth-order valence-corrected chi connectivity index (χ4v) is 3.06. The molecule has 0 bridgehead atoms. The van der Waals surface area contributed by atoms with E-state index in [1.165, 1.54) is 4.57 Å². The molecule has 1 N–H and O–H groups in total. The summed E-state index contributed by atoms with van der Waals surface area (Å²) in [6.07, 6.45) is 0. The van der Waals surface area contributed by atoms with E-state index < -0.39 is 0 Å². The number of carbonyl (C=O) groups is 1. The Balaban J connectivity index is 2.03. The molecule has 0 aliphatic carbocycles. The van der Waals surface area contributed by atoms with Crippen LogP contribution in [0.15, 0.2) is 45.7 Å². The minimum Gasteiger partial charge on any atom is -0.321 e. The summed E-state index contributed by atoms with van der Waals surface area (Å²) < 4.78 is 3.79. The number of nitrogens with one attached hydrogen (secondary N) is 1. The molecule has 3 rings (SSSR count). The van der Waals surface area contributed by atoms with Crippen molar-refractivity contribution in [1.82, 2.24) is 9.13 Å². The van der Waals surface area contributed by atoms with Gasteiger partial charge in [-0.2, -0.15) is 0 Å². The smallest absolute Gasteiger partial charge is 0.321 e. The zero-order chi connectivity index (χ0) is 16.7. The molecule has 0 atom stereocenters. The van der Waals surface area contributed by atoms with Gasteiger partial charge in [0, 0.05) is 29.2 Å². The SMILES string of the molecule is Cn1c(=O)n(C)c2cc(NC(=O)c3cccc(Cl)c3)c(Br)cc21. The van der Waals surface area contributed by atoms with Crippen LogP contribution in [-0.4, -0.2) is 15.0 Å². The Morgan fingerprint density at radius 1 is 1.13 bits per heavy atom. The van der Waals surface area contributed by atoms with E-state index in [0.717, 1.165) is 11.0 Å². The Kier molecular flexibility index (Phi) is 4.04. The van der Waals surface area contributed by atoms with Gasteiger partial charge in [-0.05, 0) is 46.3 Å². The van der Waals surface area contributed by atoms with Crippen LogP contribution >= 0.6 is 27.5 Å². The van der Waals surface area contributed by atoms with Crippen molar-refractivity contribution in [1.29, 1.82) is 0 Å². The number of fused-ring (bicyclic) bond motifs is 1. The summed E-state index contributed by atoms with van der Waals surface area (Å²) in [6.45, 7) is 0. The molecule has 0 fully saturated rings. The number of imidazole rings is 1. The van der Waals surface area contributed by atoms with E-state index in [2.05, 4.69) is 21.2 Å². The molecule has 118 valence electrons. The maximum absolute atomic E-state index is 12.3. The van der Waals surface area contributed by atoms with Gasteiger partial charge in [0.1, 0.15) is 0 Å². The highest BCUT2D eigenvalue weighted by molar-refractivity contribution is 9.10. The Bertz CT molecular complexity index is 991. The van der Waals surface area contributed by atoms with Gasteiger partial charge in [-0.25, -0.2) is 4.79 Å². The molecule has 0 aliphatic rings.